The van der Waals surface area contributed by atoms with Crippen molar-refractivity contribution in [2.24, 2.45) is 0 Å². The van der Waals surface area contributed by atoms with Gasteiger partial charge >= 0.3 is 6.09 Å². The van der Waals surface area contributed by atoms with E-state index in [1.165, 1.54) is 4.90 Å². The standard InChI is InChI=1S/C19H26N2O3S2/c1-13(20-26(24)19(2,3)4)17-16(9-10-25-17)15-8-6-7-14(11-15)12-21(5)18(22)23/h6-11,13,20H,12H2,1-5H3,(H,22,23)/t13-,26-/m1/s1. The Morgan fingerprint density at radius 2 is 2.08 bits per heavy atom. The highest BCUT2D eigenvalue weighted by Gasteiger charge is 2.29. The summed E-state index contributed by atoms with van der Waals surface area (Å²) in [6.07, 6.45) is -0.950. The number of nitrogens with zero attached hydrogens (tertiary/aromatic N) is 1. The zero-order valence-corrected chi connectivity index (χ0v) is 17.4. The predicted octanol–water partition coefficient (Wildman–Crippen LogP) is 4.64. The predicted molar refractivity (Wildman–Crippen MR) is 109 cm³/mol. The van der Waals surface area contributed by atoms with E-state index in [1.807, 2.05) is 57.3 Å². The lowest BCUT2D eigenvalue weighted by Crippen LogP contribution is -2.40. The lowest BCUT2D eigenvalue weighted by molar-refractivity contribution is 0.154. The smallest absolute Gasteiger partial charge is 0.407 e. The first-order valence-electron chi connectivity index (χ1n) is 8.38. The van der Waals surface area contributed by atoms with E-state index < -0.39 is 17.5 Å². The Labute approximate surface area is 162 Å². The molecule has 0 spiro atoms. The number of hydrogen-bond donors (Lipinski definition) is 2. The molecule has 0 aliphatic heterocycles. The first kappa shape index (κ1) is 20.8. The number of carboxylic acid groups (broad SMARTS) is 1. The Balaban J connectivity index is 2.23. The maximum Gasteiger partial charge on any atom is 0.407 e. The number of rotatable bonds is 6. The van der Waals surface area contributed by atoms with E-state index in [-0.39, 0.29) is 10.8 Å². The highest BCUT2D eigenvalue weighted by atomic mass is 32.2. The van der Waals surface area contributed by atoms with Crippen LogP contribution in [0.4, 0.5) is 4.79 Å². The largest absolute Gasteiger partial charge is 0.598 e. The minimum absolute atomic E-state index is 0.0459. The summed E-state index contributed by atoms with van der Waals surface area (Å²) in [4.78, 5) is 13.4. The maximum absolute atomic E-state index is 12.4. The molecule has 1 amide bonds. The first-order valence-corrected chi connectivity index (χ1v) is 10.4. The monoisotopic (exact) mass is 394 g/mol. The van der Waals surface area contributed by atoms with Gasteiger partial charge in [-0.05, 0) is 61.9 Å². The maximum atomic E-state index is 12.4. The number of carbonyl (C=O) groups is 1. The number of benzene rings is 1. The molecule has 2 rings (SSSR count). The normalized spacial score (nSPS) is 14.1. The van der Waals surface area contributed by atoms with Gasteiger partial charge in [0.15, 0.2) is 0 Å². The zero-order valence-electron chi connectivity index (χ0n) is 15.8. The third kappa shape index (κ3) is 5.23. The van der Waals surface area contributed by atoms with Crippen molar-refractivity contribution in [2.75, 3.05) is 7.05 Å². The molecule has 2 atom stereocenters. The minimum Gasteiger partial charge on any atom is -0.598 e. The average molecular weight is 395 g/mol. The fourth-order valence-electron chi connectivity index (χ4n) is 2.46. The number of hydrogen-bond acceptors (Lipinski definition) is 4. The van der Waals surface area contributed by atoms with Crippen molar-refractivity contribution in [2.45, 2.75) is 45.0 Å². The van der Waals surface area contributed by atoms with Crippen LogP contribution >= 0.6 is 11.3 Å². The van der Waals surface area contributed by atoms with Crippen molar-refractivity contribution < 1.29 is 14.5 Å². The van der Waals surface area contributed by atoms with Gasteiger partial charge < -0.3 is 14.6 Å². The highest BCUT2D eigenvalue weighted by molar-refractivity contribution is 7.90. The number of thiophene rings is 1. The van der Waals surface area contributed by atoms with Gasteiger partial charge in [0, 0.05) is 29.8 Å². The van der Waals surface area contributed by atoms with Crippen molar-refractivity contribution in [3.63, 3.8) is 0 Å². The fourth-order valence-corrected chi connectivity index (χ4v) is 4.26. The van der Waals surface area contributed by atoms with Gasteiger partial charge in [-0.3, -0.25) is 0 Å². The Morgan fingerprint density at radius 3 is 2.69 bits per heavy atom. The summed E-state index contributed by atoms with van der Waals surface area (Å²) in [7, 11) is 1.55. The van der Waals surface area contributed by atoms with Crippen LogP contribution in [0.15, 0.2) is 35.7 Å². The summed E-state index contributed by atoms with van der Waals surface area (Å²) in [6.45, 7) is 8.19. The lowest BCUT2D eigenvalue weighted by Gasteiger charge is -2.26. The molecule has 2 N–H and O–H groups in total. The molecular weight excluding hydrogens is 368 g/mol. The van der Waals surface area contributed by atoms with E-state index in [1.54, 1.807) is 18.4 Å². The topological polar surface area (TPSA) is 75.6 Å². The Morgan fingerprint density at radius 1 is 1.38 bits per heavy atom. The summed E-state index contributed by atoms with van der Waals surface area (Å²) in [6, 6.07) is 9.90. The molecule has 1 aromatic heterocycles. The second kappa shape index (κ2) is 8.43. The highest BCUT2D eigenvalue weighted by Crippen LogP contribution is 2.34. The Hall–Kier alpha value is -1.54. The van der Waals surface area contributed by atoms with Gasteiger partial charge in [-0.15, -0.1) is 16.1 Å². The van der Waals surface area contributed by atoms with Gasteiger partial charge in [0.25, 0.3) is 0 Å². The molecule has 26 heavy (non-hydrogen) atoms. The summed E-state index contributed by atoms with van der Waals surface area (Å²) in [5.41, 5.74) is 3.05. The average Bonchev–Trinajstić information content (AvgIpc) is 3.03. The molecule has 0 aliphatic carbocycles. The zero-order chi connectivity index (χ0) is 19.5. The number of amides is 1. The van der Waals surface area contributed by atoms with Gasteiger partial charge in [0.1, 0.15) is 4.75 Å². The van der Waals surface area contributed by atoms with Crippen LogP contribution in [0.5, 0.6) is 0 Å². The van der Waals surface area contributed by atoms with Crippen molar-refractivity contribution in [3.05, 3.63) is 46.2 Å². The van der Waals surface area contributed by atoms with E-state index in [0.29, 0.717) is 6.54 Å². The first-order chi connectivity index (χ1) is 12.1. The molecule has 0 aliphatic rings. The minimum atomic E-state index is -1.15. The summed E-state index contributed by atoms with van der Waals surface area (Å²) >= 11 is 0.479. The second-order valence-corrected chi connectivity index (χ2v) is 10.2. The molecular formula is C19H26N2O3S2. The van der Waals surface area contributed by atoms with E-state index >= 15 is 0 Å². The van der Waals surface area contributed by atoms with Crippen LogP contribution in [-0.4, -0.2) is 32.4 Å². The molecule has 142 valence electrons. The van der Waals surface area contributed by atoms with Gasteiger partial charge in [-0.25, -0.2) is 4.79 Å². The lowest BCUT2D eigenvalue weighted by atomic mass is 10.0. The van der Waals surface area contributed by atoms with Crippen molar-refractivity contribution in [3.8, 4) is 11.1 Å². The van der Waals surface area contributed by atoms with E-state index in [2.05, 4.69) is 10.8 Å². The molecule has 7 heteroatoms. The SMILES string of the molecule is C[C@@H](N[S@+]([O-])C(C)(C)C)c1sccc1-c1cccc(CN(C)C(=O)O)c1. The van der Waals surface area contributed by atoms with Crippen molar-refractivity contribution in [1.29, 1.82) is 0 Å². The van der Waals surface area contributed by atoms with E-state index in [0.717, 1.165) is 21.6 Å². The summed E-state index contributed by atoms with van der Waals surface area (Å²) in [5.74, 6) is 0. The van der Waals surface area contributed by atoms with Gasteiger partial charge in [-0.2, -0.15) is 0 Å². The quantitative estimate of drug-likeness (QED) is 0.700. The molecule has 0 saturated heterocycles. The summed E-state index contributed by atoms with van der Waals surface area (Å²) in [5, 5.41) is 11.1. The fraction of sp³-hybridized carbons (Fsp3) is 0.421. The Kier molecular flexibility index (Phi) is 6.74. The third-order valence-electron chi connectivity index (χ3n) is 3.91. The third-order valence-corrected chi connectivity index (χ3v) is 6.69. The number of nitrogens with one attached hydrogen (secondary N) is 1. The van der Waals surface area contributed by atoms with Crippen LogP contribution in [0.25, 0.3) is 11.1 Å². The van der Waals surface area contributed by atoms with Gasteiger partial charge in [-0.1, -0.05) is 18.2 Å². The van der Waals surface area contributed by atoms with Crippen LogP contribution < -0.4 is 4.72 Å². The second-order valence-electron chi connectivity index (χ2n) is 7.26. The summed E-state index contributed by atoms with van der Waals surface area (Å²) < 4.78 is 15.3. The molecule has 2 aromatic rings. The molecule has 1 aromatic carbocycles. The van der Waals surface area contributed by atoms with Crippen molar-refractivity contribution in [1.82, 2.24) is 9.62 Å². The van der Waals surface area contributed by atoms with Crippen LogP contribution in [-0.2, 0) is 17.9 Å². The van der Waals surface area contributed by atoms with Crippen LogP contribution in [0, 0.1) is 0 Å². The molecule has 0 fully saturated rings. The Bertz CT molecular complexity index is 755. The molecule has 1 heterocycles. The molecule has 0 unspecified atom stereocenters. The van der Waals surface area contributed by atoms with Crippen LogP contribution in [0.2, 0.25) is 0 Å². The van der Waals surface area contributed by atoms with Gasteiger partial charge in [0.2, 0.25) is 0 Å². The van der Waals surface area contributed by atoms with Crippen LogP contribution in [0.1, 0.15) is 44.2 Å². The molecule has 0 radical (unpaired) electrons. The van der Waals surface area contributed by atoms with Gasteiger partial charge in [0.05, 0.1) is 6.04 Å². The van der Waals surface area contributed by atoms with Crippen LogP contribution in [0.3, 0.4) is 0 Å². The van der Waals surface area contributed by atoms with E-state index in [4.69, 9.17) is 5.11 Å². The van der Waals surface area contributed by atoms with E-state index in [9.17, 15) is 9.35 Å². The molecule has 0 bridgehead atoms. The van der Waals surface area contributed by atoms with Crippen molar-refractivity contribution >= 4 is 28.8 Å². The molecule has 5 nitrogen and oxygen atoms in total. The molecule has 0 saturated carbocycles.